The molecule has 2 aromatic rings. The van der Waals surface area contributed by atoms with Gasteiger partial charge in [0.1, 0.15) is 0 Å². The Balaban J connectivity index is 1.72. The molecular weight excluding hydrogens is 364 g/mol. The number of piperazine rings is 1. The molecule has 1 aliphatic heterocycles. The summed E-state index contributed by atoms with van der Waals surface area (Å²) < 4.78 is 5.18. The van der Waals surface area contributed by atoms with Crippen molar-refractivity contribution < 1.29 is 19.2 Å². The first-order valence-electron chi connectivity index (χ1n) is 10.4. The van der Waals surface area contributed by atoms with Crippen LogP contribution in [0.2, 0.25) is 0 Å². The molecule has 1 heterocycles. The zero-order valence-electron chi connectivity index (χ0n) is 17.1. The molecule has 2 aliphatic rings. The molecule has 4 atom stereocenters. The van der Waals surface area contributed by atoms with Crippen molar-refractivity contribution in [2.45, 2.75) is 11.8 Å². The summed E-state index contributed by atoms with van der Waals surface area (Å²) in [5.74, 6) is -0.985. The van der Waals surface area contributed by atoms with Gasteiger partial charge in [-0.25, -0.2) is 0 Å². The van der Waals surface area contributed by atoms with Gasteiger partial charge in [0, 0.05) is 11.8 Å². The van der Waals surface area contributed by atoms with E-state index in [1.165, 1.54) is 12.0 Å². The average molecular weight is 394 g/mol. The molecule has 1 amide bonds. The van der Waals surface area contributed by atoms with Crippen LogP contribution in [-0.4, -0.2) is 57.1 Å². The Labute approximate surface area is 172 Å². The number of nitrogens with zero attached hydrogens (tertiary/aromatic N) is 1. The van der Waals surface area contributed by atoms with Crippen molar-refractivity contribution in [1.82, 2.24) is 4.90 Å². The lowest BCUT2D eigenvalue weighted by molar-refractivity contribution is -0.883. The highest BCUT2D eigenvalue weighted by atomic mass is 16.5. The molecule has 0 aromatic heterocycles. The predicted molar refractivity (Wildman–Crippen MR) is 111 cm³/mol. The summed E-state index contributed by atoms with van der Waals surface area (Å²) in [5, 5.41) is 0. The fourth-order valence-corrected chi connectivity index (χ4v) is 4.98. The largest absolute Gasteiger partial charge is 0.469 e. The predicted octanol–water partition coefficient (Wildman–Crippen LogP) is 1.33. The van der Waals surface area contributed by atoms with Crippen molar-refractivity contribution in [2.75, 3.05) is 40.3 Å². The molecule has 0 spiro atoms. The van der Waals surface area contributed by atoms with Crippen LogP contribution in [0.4, 0.5) is 0 Å². The molecule has 0 bridgehead atoms. The van der Waals surface area contributed by atoms with Crippen LogP contribution in [0.25, 0.3) is 0 Å². The standard InChI is InChI=1S/C24H28N2O3/c1-25-13-15-26(16-14-25)23(27)21-19(17-9-5-3-6-10-17)22(24(28)29-2)20(21)18-11-7-4-8-12-18/h3-12,19-22H,13-16H2,1-2H3/p+1/t19-,20+,21?,22?. The van der Waals surface area contributed by atoms with Crippen LogP contribution < -0.4 is 4.90 Å². The maximum Gasteiger partial charge on any atom is 0.309 e. The minimum atomic E-state index is -0.350. The molecule has 4 rings (SSSR count). The highest BCUT2D eigenvalue weighted by Crippen LogP contribution is 2.58. The summed E-state index contributed by atoms with van der Waals surface area (Å²) in [4.78, 5) is 29.9. The molecule has 1 saturated carbocycles. The summed E-state index contributed by atoms with van der Waals surface area (Å²) in [6.45, 7) is 3.47. The van der Waals surface area contributed by atoms with E-state index in [9.17, 15) is 9.59 Å². The summed E-state index contributed by atoms with van der Waals surface area (Å²) >= 11 is 0. The molecule has 2 fully saturated rings. The maximum atomic E-state index is 13.7. The van der Waals surface area contributed by atoms with Gasteiger partial charge in [-0.05, 0) is 11.1 Å². The van der Waals surface area contributed by atoms with Crippen molar-refractivity contribution in [3.05, 3.63) is 71.8 Å². The van der Waals surface area contributed by atoms with Gasteiger partial charge >= 0.3 is 5.97 Å². The van der Waals surface area contributed by atoms with E-state index in [-0.39, 0.29) is 35.5 Å². The highest BCUT2D eigenvalue weighted by molar-refractivity contribution is 5.88. The van der Waals surface area contributed by atoms with Crippen LogP contribution in [0.1, 0.15) is 23.0 Å². The average Bonchev–Trinajstić information content (AvgIpc) is 2.75. The van der Waals surface area contributed by atoms with Crippen LogP contribution >= 0.6 is 0 Å². The summed E-state index contributed by atoms with van der Waals surface area (Å²) in [6.07, 6.45) is 0. The van der Waals surface area contributed by atoms with Crippen molar-refractivity contribution in [1.29, 1.82) is 0 Å². The number of carbonyl (C=O) groups excluding carboxylic acids is 2. The second-order valence-corrected chi connectivity index (χ2v) is 8.23. The van der Waals surface area contributed by atoms with Crippen LogP contribution in [0.5, 0.6) is 0 Å². The van der Waals surface area contributed by atoms with Crippen molar-refractivity contribution in [3.8, 4) is 0 Å². The number of hydrogen-bond donors (Lipinski definition) is 1. The summed E-state index contributed by atoms with van der Waals surface area (Å²) in [6, 6.07) is 19.9. The van der Waals surface area contributed by atoms with Gasteiger partial charge in [0.05, 0.1) is 52.2 Å². The lowest BCUT2D eigenvalue weighted by Gasteiger charge is -2.51. The SMILES string of the molecule is COC(=O)C1[C@@H](c2ccccc2)C(C(=O)N2CC[NH+](C)CC2)[C@H]1c1ccccc1. The first kappa shape index (κ1) is 19.6. The number of quaternary nitrogens is 1. The van der Waals surface area contributed by atoms with Gasteiger partial charge in [-0.15, -0.1) is 0 Å². The topological polar surface area (TPSA) is 51.1 Å². The van der Waals surface area contributed by atoms with E-state index < -0.39 is 0 Å². The van der Waals surface area contributed by atoms with Crippen LogP contribution in [0.15, 0.2) is 60.7 Å². The van der Waals surface area contributed by atoms with Gasteiger partial charge in [-0.3, -0.25) is 9.59 Å². The second kappa shape index (κ2) is 8.37. The van der Waals surface area contributed by atoms with Gasteiger partial charge in [0.15, 0.2) is 0 Å². The van der Waals surface area contributed by atoms with E-state index in [1.807, 2.05) is 65.6 Å². The number of nitrogens with one attached hydrogen (secondary N) is 1. The number of esters is 1. The molecule has 5 nitrogen and oxygen atoms in total. The number of ether oxygens (including phenoxy) is 1. The number of rotatable bonds is 4. The third kappa shape index (κ3) is 3.67. The minimum absolute atomic E-state index is 0.159. The lowest BCUT2D eigenvalue weighted by atomic mass is 9.52. The molecule has 2 aromatic carbocycles. The van der Waals surface area contributed by atoms with Crippen molar-refractivity contribution >= 4 is 11.9 Å². The first-order valence-corrected chi connectivity index (χ1v) is 10.4. The number of carbonyl (C=O) groups is 2. The first-order chi connectivity index (χ1) is 14.1. The van der Waals surface area contributed by atoms with Crippen LogP contribution in [-0.2, 0) is 14.3 Å². The van der Waals surface area contributed by atoms with Gasteiger partial charge in [-0.2, -0.15) is 0 Å². The van der Waals surface area contributed by atoms with Gasteiger partial charge in [0.25, 0.3) is 0 Å². The van der Waals surface area contributed by atoms with Crippen LogP contribution in [0.3, 0.4) is 0 Å². The number of methoxy groups -OCH3 is 1. The van der Waals surface area contributed by atoms with Gasteiger partial charge in [-0.1, -0.05) is 60.7 Å². The summed E-state index contributed by atoms with van der Waals surface area (Å²) in [5.41, 5.74) is 2.07. The Morgan fingerprint density at radius 3 is 1.79 bits per heavy atom. The molecular formula is C24H29N2O3+. The smallest absolute Gasteiger partial charge is 0.309 e. The highest BCUT2D eigenvalue weighted by Gasteiger charge is 2.59. The molecule has 0 radical (unpaired) electrons. The molecule has 1 N–H and O–H groups in total. The minimum Gasteiger partial charge on any atom is -0.469 e. The second-order valence-electron chi connectivity index (χ2n) is 8.23. The van der Waals surface area contributed by atoms with E-state index in [0.29, 0.717) is 0 Å². The number of amides is 1. The molecule has 2 unspecified atom stereocenters. The number of likely N-dealkylation sites (N-methyl/N-ethyl adjacent to an activating group) is 1. The molecule has 152 valence electrons. The third-order valence-corrected chi connectivity index (χ3v) is 6.60. The number of hydrogen-bond acceptors (Lipinski definition) is 3. The van der Waals surface area contributed by atoms with Crippen molar-refractivity contribution in [3.63, 3.8) is 0 Å². The van der Waals surface area contributed by atoms with E-state index in [1.54, 1.807) is 0 Å². The zero-order valence-corrected chi connectivity index (χ0v) is 17.1. The molecule has 1 saturated heterocycles. The van der Waals surface area contributed by atoms with Gasteiger partial charge < -0.3 is 14.5 Å². The van der Waals surface area contributed by atoms with Crippen molar-refractivity contribution in [2.24, 2.45) is 11.8 Å². The Bertz CT molecular complexity index is 799. The Kier molecular flexibility index (Phi) is 5.67. The lowest BCUT2D eigenvalue weighted by Crippen LogP contribution is -3.12. The third-order valence-electron chi connectivity index (χ3n) is 6.60. The Morgan fingerprint density at radius 1 is 0.862 bits per heavy atom. The number of benzene rings is 2. The Hall–Kier alpha value is -2.66. The quantitative estimate of drug-likeness (QED) is 0.798. The molecule has 29 heavy (non-hydrogen) atoms. The van der Waals surface area contributed by atoms with E-state index in [0.717, 1.165) is 37.3 Å². The fraction of sp³-hybridized carbons (Fsp3) is 0.417. The van der Waals surface area contributed by atoms with Gasteiger partial charge in [0.2, 0.25) is 5.91 Å². The molecule has 1 aliphatic carbocycles. The molecule has 5 heteroatoms. The van der Waals surface area contributed by atoms with E-state index >= 15 is 0 Å². The monoisotopic (exact) mass is 393 g/mol. The fourth-order valence-electron chi connectivity index (χ4n) is 4.98. The van der Waals surface area contributed by atoms with E-state index in [4.69, 9.17) is 4.74 Å². The maximum absolute atomic E-state index is 13.7. The van der Waals surface area contributed by atoms with E-state index in [2.05, 4.69) is 7.05 Å². The summed E-state index contributed by atoms with van der Waals surface area (Å²) in [7, 11) is 3.60. The Morgan fingerprint density at radius 2 is 1.34 bits per heavy atom. The normalized spacial score (nSPS) is 27.2. The van der Waals surface area contributed by atoms with Crippen LogP contribution in [0, 0.1) is 11.8 Å². The zero-order chi connectivity index (χ0) is 20.4.